The van der Waals surface area contributed by atoms with E-state index in [-0.39, 0.29) is 37.1 Å². The first-order valence-corrected chi connectivity index (χ1v) is 8.90. The maximum atomic E-state index is 12.9. The zero-order valence-electron chi connectivity index (χ0n) is 14.2. The van der Waals surface area contributed by atoms with Crippen LogP contribution in [-0.4, -0.2) is 67.2 Å². The van der Waals surface area contributed by atoms with Gasteiger partial charge in [0.05, 0.1) is 11.6 Å². The first-order chi connectivity index (χ1) is 12.1. The van der Waals surface area contributed by atoms with Gasteiger partial charge in [0.1, 0.15) is 0 Å². The third-order valence-corrected chi connectivity index (χ3v) is 5.21. The number of carbonyl (C=O) groups is 2. The average Bonchev–Trinajstić information content (AvgIpc) is 3.11. The van der Waals surface area contributed by atoms with Crippen LogP contribution < -0.4 is 14.8 Å². The molecule has 142 valence electrons. The van der Waals surface area contributed by atoms with E-state index in [9.17, 15) is 9.59 Å². The van der Waals surface area contributed by atoms with Crippen molar-refractivity contribution in [2.45, 2.75) is 18.9 Å². The summed E-state index contributed by atoms with van der Waals surface area (Å²) in [4.78, 5) is 28.7. The lowest BCUT2D eigenvalue weighted by Crippen LogP contribution is -2.57. The molecule has 2 saturated heterocycles. The summed E-state index contributed by atoms with van der Waals surface area (Å²) in [5.74, 6) is 1.01. The minimum atomic E-state index is -0.0903. The molecular formula is C17H21Cl2N3O4. The molecule has 0 aliphatic carbocycles. The van der Waals surface area contributed by atoms with Crippen LogP contribution >= 0.6 is 24.0 Å². The quantitative estimate of drug-likeness (QED) is 0.813. The van der Waals surface area contributed by atoms with E-state index >= 15 is 0 Å². The van der Waals surface area contributed by atoms with Crippen molar-refractivity contribution in [2.75, 3.05) is 39.5 Å². The summed E-state index contributed by atoms with van der Waals surface area (Å²) in [5.41, 5.74) is 0.488. The lowest BCUT2D eigenvalue weighted by Gasteiger charge is -2.41. The van der Waals surface area contributed by atoms with E-state index in [2.05, 4.69) is 5.32 Å². The SMILES string of the molecule is Cl.O=C(c1cc(Cl)c2c(c1)OCO2)N1CCCC(N2CCNCC2=O)C1. The van der Waals surface area contributed by atoms with Gasteiger partial charge in [-0.3, -0.25) is 9.59 Å². The number of hydrogen-bond acceptors (Lipinski definition) is 5. The molecular weight excluding hydrogens is 381 g/mol. The molecule has 9 heteroatoms. The number of piperazine rings is 1. The van der Waals surface area contributed by atoms with Crippen molar-refractivity contribution in [3.63, 3.8) is 0 Å². The van der Waals surface area contributed by atoms with E-state index < -0.39 is 0 Å². The van der Waals surface area contributed by atoms with Crippen LogP contribution in [0.2, 0.25) is 5.02 Å². The molecule has 1 aromatic rings. The van der Waals surface area contributed by atoms with Crippen molar-refractivity contribution in [1.29, 1.82) is 0 Å². The van der Waals surface area contributed by atoms with Gasteiger partial charge in [0.25, 0.3) is 5.91 Å². The number of likely N-dealkylation sites (tertiary alicyclic amines) is 1. The monoisotopic (exact) mass is 401 g/mol. The lowest BCUT2D eigenvalue weighted by atomic mass is 10.0. The molecule has 0 radical (unpaired) electrons. The van der Waals surface area contributed by atoms with Crippen molar-refractivity contribution in [3.05, 3.63) is 22.7 Å². The van der Waals surface area contributed by atoms with Gasteiger partial charge in [0.15, 0.2) is 11.5 Å². The Hall–Kier alpha value is -1.70. The highest BCUT2D eigenvalue weighted by atomic mass is 35.5. The van der Waals surface area contributed by atoms with E-state index in [1.165, 1.54) is 0 Å². The summed E-state index contributed by atoms with van der Waals surface area (Å²) in [7, 11) is 0. The Morgan fingerprint density at radius 1 is 1.27 bits per heavy atom. The van der Waals surface area contributed by atoms with Crippen LogP contribution in [0.5, 0.6) is 11.5 Å². The summed E-state index contributed by atoms with van der Waals surface area (Å²) in [5, 5.41) is 3.46. The van der Waals surface area contributed by atoms with E-state index in [0.717, 1.165) is 19.4 Å². The van der Waals surface area contributed by atoms with Crippen LogP contribution in [0, 0.1) is 0 Å². The van der Waals surface area contributed by atoms with Crippen molar-refractivity contribution in [2.24, 2.45) is 0 Å². The maximum Gasteiger partial charge on any atom is 0.254 e. The van der Waals surface area contributed by atoms with Crippen LogP contribution in [0.15, 0.2) is 12.1 Å². The number of benzene rings is 1. The molecule has 26 heavy (non-hydrogen) atoms. The van der Waals surface area contributed by atoms with Crippen molar-refractivity contribution < 1.29 is 19.1 Å². The number of piperidine rings is 1. The molecule has 3 aliphatic heterocycles. The second-order valence-corrected chi connectivity index (χ2v) is 6.91. The molecule has 1 N–H and O–H groups in total. The zero-order chi connectivity index (χ0) is 17.4. The number of carbonyl (C=O) groups excluding carboxylic acids is 2. The maximum absolute atomic E-state index is 12.9. The highest BCUT2D eigenvalue weighted by molar-refractivity contribution is 6.32. The Morgan fingerprint density at radius 2 is 2.12 bits per heavy atom. The van der Waals surface area contributed by atoms with Crippen molar-refractivity contribution >= 4 is 35.8 Å². The number of nitrogens with zero attached hydrogens (tertiary/aromatic N) is 2. The van der Waals surface area contributed by atoms with Gasteiger partial charge in [-0.05, 0) is 25.0 Å². The smallest absolute Gasteiger partial charge is 0.254 e. The Balaban J connectivity index is 0.00000196. The van der Waals surface area contributed by atoms with E-state index in [0.29, 0.717) is 48.3 Å². The summed E-state index contributed by atoms with van der Waals surface area (Å²) in [6.07, 6.45) is 1.81. The molecule has 2 amide bonds. The fourth-order valence-corrected chi connectivity index (χ4v) is 3.94. The van der Waals surface area contributed by atoms with Crippen LogP contribution in [0.4, 0.5) is 0 Å². The second kappa shape index (κ2) is 7.90. The first-order valence-electron chi connectivity index (χ1n) is 8.52. The molecule has 3 aliphatic rings. The lowest BCUT2D eigenvalue weighted by molar-refractivity contribution is -0.135. The number of fused-ring (bicyclic) bond motifs is 1. The number of halogens is 2. The minimum absolute atomic E-state index is 0. The fraction of sp³-hybridized carbons (Fsp3) is 0.529. The molecule has 0 saturated carbocycles. The van der Waals surface area contributed by atoms with Crippen LogP contribution in [0.3, 0.4) is 0 Å². The number of nitrogens with one attached hydrogen (secondary N) is 1. The number of ether oxygens (including phenoxy) is 2. The third kappa shape index (κ3) is 3.56. The topological polar surface area (TPSA) is 71.1 Å². The summed E-state index contributed by atoms with van der Waals surface area (Å²) >= 11 is 6.19. The summed E-state index contributed by atoms with van der Waals surface area (Å²) in [6.45, 7) is 3.22. The van der Waals surface area contributed by atoms with Crippen LogP contribution in [0.25, 0.3) is 0 Å². The Morgan fingerprint density at radius 3 is 2.92 bits per heavy atom. The van der Waals surface area contributed by atoms with Gasteiger partial charge >= 0.3 is 0 Å². The Bertz CT molecular complexity index is 715. The second-order valence-electron chi connectivity index (χ2n) is 6.50. The van der Waals surface area contributed by atoms with Gasteiger partial charge in [0.2, 0.25) is 12.7 Å². The fourth-order valence-electron chi connectivity index (χ4n) is 3.67. The molecule has 7 nitrogen and oxygen atoms in total. The standard InChI is InChI=1S/C17H20ClN3O4.ClH/c18-13-6-11(7-14-16(13)25-10-24-14)17(23)20-4-1-2-12(9-20)21-5-3-19-8-15(21)22;/h6-7,12,19H,1-5,8-10H2;1H. The molecule has 2 fully saturated rings. The zero-order valence-corrected chi connectivity index (χ0v) is 15.8. The van der Waals surface area contributed by atoms with E-state index in [4.69, 9.17) is 21.1 Å². The van der Waals surface area contributed by atoms with Gasteiger partial charge in [-0.1, -0.05) is 11.6 Å². The van der Waals surface area contributed by atoms with Crippen molar-refractivity contribution in [3.8, 4) is 11.5 Å². The normalized spacial score (nSPS) is 22.2. The number of amides is 2. The van der Waals surface area contributed by atoms with Gasteiger partial charge in [0, 0.05) is 37.8 Å². The highest BCUT2D eigenvalue weighted by Gasteiger charge is 2.32. The van der Waals surface area contributed by atoms with Gasteiger partial charge < -0.3 is 24.6 Å². The average molecular weight is 402 g/mol. The largest absolute Gasteiger partial charge is 0.454 e. The third-order valence-electron chi connectivity index (χ3n) is 4.92. The molecule has 0 spiro atoms. The summed E-state index contributed by atoms with van der Waals surface area (Å²) in [6, 6.07) is 3.38. The van der Waals surface area contributed by atoms with Gasteiger partial charge in [-0.15, -0.1) is 12.4 Å². The molecule has 1 unspecified atom stereocenters. The molecule has 0 aromatic heterocycles. The number of hydrogen-bond donors (Lipinski definition) is 1. The molecule has 1 aromatic carbocycles. The Labute approximate surface area is 163 Å². The molecule has 3 heterocycles. The predicted octanol–water partition coefficient (Wildman–Crippen LogP) is 1.53. The van der Waals surface area contributed by atoms with E-state index in [1.54, 1.807) is 17.0 Å². The van der Waals surface area contributed by atoms with Crippen LogP contribution in [0.1, 0.15) is 23.2 Å². The molecule has 1 atom stereocenters. The van der Waals surface area contributed by atoms with Crippen molar-refractivity contribution in [1.82, 2.24) is 15.1 Å². The number of rotatable bonds is 2. The van der Waals surface area contributed by atoms with Gasteiger partial charge in [-0.25, -0.2) is 0 Å². The van der Waals surface area contributed by atoms with Gasteiger partial charge in [-0.2, -0.15) is 0 Å². The van der Waals surface area contributed by atoms with E-state index in [1.807, 2.05) is 4.90 Å². The molecule has 0 bridgehead atoms. The summed E-state index contributed by atoms with van der Waals surface area (Å²) < 4.78 is 10.6. The minimum Gasteiger partial charge on any atom is -0.454 e. The Kier molecular flexibility index (Phi) is 5.79. The van der Waals surface area contributed by atoms with Crippen LogP contribution in [-0.2, 0) is 4.79 Å². The molecule has 4 rings (SSSR count). The predicted molar refractivity (Wildman–Crippen MR) is 98.3 cm³/mol. The first kappa shape index (κ1) is 19.1. The highest BCUT2D eigenvalue weighted by Crippen LogP contribution is 2.40.